The van der Waals surface area contributed by atoms with E-state index in [1.165, 1.54) is 18.2 Å². The van der Waals surface area contributed by atoms with E-state index < -0.39 is 34.4 Å². The van der Waals surface area contributed by atoms with Crippen molar-refractivity contribution >= 4 is 44.9 Å². The fourth-order valence-electron chi connectivity index (χ4n) is 2.02. The first-order valence-electron chi connectivity index (χ1n) is 6.39. The van der Waals surface area contributed by atoms with Gasteiger partial charge in [0.15, 0.2) is 16.4 Å². The van der Waals surface area contributed by atoms with Gasteiger partial charge in [-0.2, -0.15) is 0 Å². The molecule has 120 valence electrons. The van der Waals surface area contributed by atoms with Crippen molar-refractivity contribution < 1.29 is 22.7 Å². The van der Waals surface area contributed by atoms with Gasteiger partial charge in [-0.15, -0.1) is 0 Å². The number of halogens is 2. The average molecular weight is 366 g/mol. The molecular formula is C13H13Cl2NO5S. The van der Waals surface area contributed by atoms with E-state index in [1.807, 2.05) is 0 Å². The molecule has 1 aromatic rings. The van der Waals surface area contributed by atoms with Gasteiger partial charge in [0.25, 0.3) is 5.91 Å². The Hall–Kier alpha value is -1.31. The van der Waals surface area contributed by atoms with Crippen LogP contribution in [-0.4, -0.2) is 44.4 Å². The van der Waals surface area contributed by atoms with E-state index >= 15 is 0 Å². The van der Waals surface area contributed by atoms with Gasteiger partial charge in [-0.1, -0.05) is 23.2 Å². The molecule has 6 nitrogen and oxygen atoms in total. The summed E-state index contributed by atoms with van der Waals surface area (Å²) in [6.45, 7) is -0.490. The van der Waals surface area contributed by atoms with E-state index in [-0.39, 0.29) is 22.1 Å². The number of ether oxygens (including phenoxy) is 1. The number of carbonyl (C=O) groups is 2. The first-order valence-corrected chi connectivity index (χ1v) is 8.96. The third-order valence-electron chi connectivity index (χ3n) is 3.09. The van der Waals surface area contributed by atoms with E-state index in [2.05, 4.69) is 5.32 Å². The molecule has 0 aliphatic carbocycles. The Morgan fingerprint density at radius 3 is 2.59 bits per heavy atom. The van der Waals surface area contributed by atoms with Gasteiger partial charge in [0, 0.05) is 6.04 Å². The Labute approximate surface area is 137 Å². The van der Waals surface area contributed by atoms with Crippen molar-refractivity contribution in [2.24, 2.45) is 0 Å². The van der Waals surface area contributed by atoms with E-state index in [0.717, 1.165) is 0 Å². The number of hydrogen-bond acceptors (Lipinski definition) is 5. The second-order valence-electron chi connectivity index (χ2n) is 4.87. The molecule has 1 heterocycles. The molecular weight excluding hydrogens is 353 g/mol. The molecule has 1 aromatic carbocycles. The Balaban J connectivity index is 1.83. The number of benzene rings is 1. The number of esters is 1. The average Bonchev–Trinajstić information content (AvgIpc) is 2.78. The molecule has 22 heavy (non-hydrogen) atoms. The minimum Gasteiger partial charge on any atom is -0.452 e. The minimum atomic E-state index is -3.07. The molecule has 1 amide bonds. The number of sulfone groups is 1. The van der Waals surface area contributed by atoms with Gasteiger partial charge in [-0.25, -0.2) is 13.2 Å². The molecule has 1 atom stereocenters. The zero-order chi connectivity index (χ0) is 16.3. The maximum Gasteiger partial charge on any atom is 0.338 e. The number of hydrogen-bond donors (Lipinski definition) is 1. The van der Waals surface area contributed by atoms with Crippen LogP contribution in [0.2, 0.25) is 10.0 Å². The molecule has 1 fully saturated rings. The van der Waals surface area contributed by atoms with Crippen molar-refractivity contribution in [1.29, 1.82) is 0 Å². The molecule has 0 saturated carbocycles. The standard InChI is InChI=1S/C13H13Cl2NO5S/c14-10-2-1-8(5-11(10)15)13(18)21-6-12(17)16-9-3-4-22(19,20)7-9/h1-2,5,9H,3-4,6-7H2,(H,16,17)/t9-/m0/s1. The fourth-order valence-corrected chi connectivity index (χ4v) is 3.99. The Morgan fingerprint density at radius 2 is 2.00 bits per heavy atom. The van der Waals surface area contributed by atoms with Crippen molar-refractivity contribution in [2.75, 3.05) is 18.1 Å². The van der Waals surface area contributed by atoms with Crippen molar-refractivity contribution in [3.05, 3.63) is 33.8 Å². The van der Waals surface area contributed by atoms with E-state index in [1.54, 1.807) is 0 Å². The predicted molar refractivity (Wildman–Crippen MR) is 81.9 cm³/mol. The lowest BCUT2D eigenvalue weighted by molar-refractivity contribution is -0.124. The van der Waals surface area contributed by atoms with Crippen LogP contribution in [0.3, 0.4) is 0 Å². The highest BCUT2D eigenvalue weighted by Crippen LogP contribution is 2.22. The lowest BCUT2D eigenvalue weighted by Gasteiger charge is -2.11. The van der Waals surface area contributed by atoms with Crippen LogP contribution in [0.4, 0.5) is 0 Å². The number of amides is 1. The summed E-state index contributed by atoms with van der Waals surface area (Å²) in [6, 6.07) is 3.79. The van der Waals surface area contributed by atoms with Gasteiger partial charge >= 0.3 is 5.97 Å². The summed E-state index contributed by atoms with van der Waals surface area (Å²) >= 11 is 11.5. The van der Waals surface area contributed by atoms with E-state index in [4.69, 9.17) is 27.9 Å². The molecule has 1 aliphatic rings. The first kappa shape index (κ1) is 17.1. The third kappa shape index (κ3) is 4.59. The molecule has 1 aliphatic heterocycles. The Bertz CT molecular complexity index is 704. The lowest BCUT2D eigenvalue weighted by atomic mass is 10.2. The summed E-state index contributed by atoms with van der Waals surface area (Å²) in [7, 11) is -3.07. The van der Waals surface area contributed by atoms with Crippen molar-refractivity contribution in [1.82, 2.24) is 5.32 Å². The molecule has 2 rings (SSSR count). The monoisotopic (exact) mass is 365 g/mol. The number of carbonyl (C=O) groups excluding carboxylic acids is 2. The van der Waals surface area contributed by atoms with E-state index in [0.29, 0.717) is 11.4 Å². The highest BCUT2D eigenvalue weighted by molar-refractivity contribution is 7.91. The van der Waals surface area contributed by atoms with Crippen LogP contribution in [-0.2, 0) is 19.4 Å². The number of rotatable bonds is 4. The topological polar surface area (TPSA) is 89.5 Å². The van der Waals surface area contributed by atoms with Crippen LogP contribution in [0, 0.1) is 0 Å². The van der Waals surface area contributed by atoms with Crippen LogP contribution in [0.5, 0.6) is 0 Å². The maximum atomic E-state index is 11.8. The molecule has 1 saturated heterocycles. The normalized spacial score (nSPS) is 19.6. The molecule has 9 heteroatoms. The van der Waals surface area contributed by atoms with Gasteiger partial charge in [0.05, 0.1) is 27.1 Å². The molecule has 0 aromatic heterocycles. The predicted octanol–water partition coefficient (Wildman–Crippen LogP) is 1.45. The second-order valence-corrected chi connectivity index (χ2v) is 7.92. The van der Waals surface area contributed by atoms with Crippen LogP contribution in [0.15, 0.2) is 18.2 Å². The van der Waals surface area contributed by atoms with Crippen LogP contribution >= 0.6 is 23.2 Å². The summed E-state index contributed by atoms with van der Waals surface area (Å²) in [4.78, 5) is 23.4. The van der Waals surface area contributed by atoms with Gasteiger partial charge in [0.2, 0.25) is 0 Å². The highest BCUT2D eigenvalue weighted by atomic mass is 35.5. The Kier molecular flexibility index (Phi) is 5.31. The summed E-state index contributed by atoms with van der Waals surface area (Å²) in [5.41, 5.74) is 0.172. The smallest absolute Gasteiger partial charge is 0.338 e. The summed E-state index contributed by atoms with van der Waals surface area (Å²) < 4.78 is 27.4. The van der Waals surface area contributed by atoms with Crippen LogP contribution in [0.1, 0.15) is 16.8 Å². The Morgan fingerprint density at radius 1 is 1.27 bits per heavy atom. The molecule has 1 N–H and O–H groups in total. The van der Waals surface area contributed by atoms with Crippen molar-refractivity contribution in [3.63, 3.8) is 0 Å². The molecule has 0 unspecified atom stereocenters. The second kappa shape index (κ2) is 6.85. The first-order chi connectivity index (χ1) is 10.3. The SMILES string of the molecule is O=C(COC(=O)c1ccc(Cl)c(Cl)c1)N[C@H]1CCS(=O)(=O)C1. The van der Waals surface area contributed by atoms with Gasteiger partial charge in [-0.3, -0.25) is 4.79 Å². The number of nitrogens with one attached hydrogen (secondary N) is 1. The van der Waals surface area contributed by atoms with Crippen LogP contribution < -0.4 is 5.32 Å². The quantitative estimate of drug-likeness (QED) is 0.815. The maximum absolute atomic E-state index is 11.8. The summed E-state index contributed by atoms with van der Waals surface area (Å²) in [5.74, 6) is -1.29. The van der Waals surface area contributed by atoms with E-state index in [9.17, 15) is 18.0 Å². The summed E-state index contributed by atoms with van der Waals surface area (Å²) in [6.07, 6.45) is 0.370. The zero-order valence-corrected chi connectivity index (χ0v) is 13.7. The fraction of sp³-hybridized carbons (Fsp3) is 0.385. The lowest BCUT2D eigenvalue weighted by Crippen LogP contribution is -2.38. The summed E-state index contributed by atoms with van der Waals surface area (Å²) in [5, 5.41) is 3.03. The zero-order valence-electron chi connectivity index (χ0n) is 11.3. The van der Waals surface area contributed by atoms with Gasteiger partial charge in [0.1, 0.15) is 0 Å². The van der Waals surface area contributed by atoms with Crippen molar-refractivity contribution in [2.45, 2.75) is 12.5 Å². The molecule has 0 radical (unpaired) electrons. The molecule has 0 spiro atoms. The van der Waals surface area contributed by atoms with Gasteiger partial charge in [-0.05, 0) is 24.6 Å². The van der Waals surface area contributed by atoms with Crippen molar-refractivity contribution in [3.8, 4) is 0 Å². The highest BCUT2D eigenvalue weighted by Gasteiger charge is 2.29. The van der Waals surface area contributed by atoms with Gasteiger partial charge < -0.3 is 10.1 Å². The van der Waals surface area contributed by atoms with Crippen LogP contribution in [0.25, 0.3) is 0 Å². The molecule has 0 bridgehead atoms. The third-order valence-corrected chi connectivity index (χ3v) is 5.59. The minimum absolute atomic E-state index is 0.0566. The largest absolute Gasteiger partial charge is 0.452 e.